The second-order valence-electron chi connectivity index (χ2n) is 3.17. The van der Waals surface area contributed by atoms with Crippen LogP contribution in [0.4, 0.5) is 0 Å². The molecule has 0 bridgehead atoms. The Kier molecular flexibility index (Phi) is 5.40. The van der Waals surface area contributed by atoms with E-state index in [0.29, 0.717) is 10.0 Å². The highest BCUT2D eigenvalue weighted by Gasteiger charge is 2.11. The number of carbonyl (C=O) groups is 1. The number of nitrogens with one attached hydrogen (secondary N) is 1. The number of aliphatic hydroxyl groups is 2. The van der Waals surface area contributed by atoms with Gasteiger partial charge in [0.15, 0.2) is 0 Å². The van der Waals surface area contributed by atoms with Crippen molar-refractivity contribution in [2.75, 3.05) is 13.2 Å². The zero-order valence-corrected chi connectivity index (χ0v) is 11.5. The number of hydrogen-bond donors (Lipinski definition) is 3. The average Bonchev–Trinajstić information content (AvgIpc) is 2.28. The van der Waals surface area contributed by atoms with Crippen LogP contribution in [0.5, 0.6) is 0 Å². The molecular formula is C10H11Br2NO3. The van der Waals surface area contributed by atoms with Crippen LogP contribution >= 0.6 is 31.9 Å². The molecule has 0 fully saturated rings. The third-order valence-electron chi connectivity index (χ3n) is 1.88. The Morgan fingerprint density at radius 2 is 2.12 bits per heavy atom. The fourth-order valence-corrected chi connectivity index (χ4v) is 1.83. The van der Waals surface area contributed by atoms with Gasteiger partial charge >= 0.3 is 0 Å². The van der Waals surface area contributed by atoms with Gasteiger partial charge in [0.2, 0.25) is 0 Å². The van der Waals surface area contributed by atoms with E-state index in [9.17, 15) is 4.79 Å². The molecule has 3 N–H and O–H groups in total. The summed E-state index contributed by atoms with van der Waals surface area (Å²) in [7, 11) is 0. The van der Waals surface area contributed by atoms with Crippen LogP contribution in [0.3, 0.4) is 0 Å². The molecule has 1 aromatic carbocycles. The molecule has 1 unspecified atom stereocenters. The van der Waals surface area contributed by atoms with Crippen molar-refractivity contribution in [3.8, 4) is 0 Å². The summed E-state index contributed by atoms with van der Waals surface area (Å²) in [6.07, 6.45) is -0.935. The van der Waals surface area contributed by atoms with E-state index in [1.807, 2.05) is 6.07 Å². The Morgan fingerprint density at radius 3 is 2.75 bits per heavy atom. The van der Waals surface area contributed by atoms with Gasteiger partial charge in [-0.1, -0.05) is 15.9 Å². The Balaban J connectivity index is 2.69. The van der Waals surface area contributed by atoms with Gasteiger partial charge in [0.25, 0.3) is 5.91 Å². The van der Waals surface area contributed by atoms with Crippen LogP contribution in [0.1, 0.15) is 10.4 Å². The average molecular weight is 353 g/mol. The zero-order valence-electron chi connectivity index (χ0n) is 8.28. The Hall–Kier alpha value is -0.430. The van der Waals surface area contributed by atoms with Crippen LogP contribution < -0.4 is 5.32 Å². The first kappa shape index (κ1) is 13.6. The fraction of sp³-hybridized carbons (Fsp3) is 0.300. The molecule has 0 saturated heterocycles. The lowest BCUT2D eigenvalue weighted by molar-refractivity contribution is 0.0801. The second-order valence-corrected chi connectivity index (χ2v) is 4.94. The van der Waals surface area contributed by atoms with Gasteiger partial charge in [-0.15, -0.1) is 0 Å². The maximum atomic E-state index is 11.7. The SMILES string of the molecule is O=C(NCC(O)CO)c1cc(Br)ccc1Br. The van der Waals surface area contributed by atoms with Gasteiger partial charge in [-0.2, -0.15) is 0 Å². The maximum Gasteiger partial charge on any atom is 0.252 e. The van der Waals surface area contributed by atoms with Crippen LogP contribution in [0.25, 0.3) is 0 Å². The van der Waals surface area contributed by atoms with Gasteiger partial charge in [0.05, 0.1) is 18.3 Å². The molecule has 1 rings (SSSR count). The van der Waals surface area contributed by atoms with Crippen molar-refractivity contribution in [3.05, 3.63) is 32.7 Å². The number of amides is 1. The van der Waals surface area contributed by atoms with E-state index < -0.39 is 6.10 Å². The molecule has 0 aromatic heterocycles. The first-order valence-electron chi connectivity index (χ1n) is 4.56. The number of aliphatic hydroxyl groups excluding tert-OH is 2. The highest BCUT2D eigenvalue weighted by atomic mass is 79.9. The molecule has 0 spiro atoms. The van der Waals surface area contributed by atoms with Crippen LogP contribution in [0, 0.1) is 0 Å². The zero-order chi connectivity index (χ0) is 12.1. The summed E-state index contributed by atoms with van der Waals surface area (Å²) < 4.78 is 1.47. The largest absolute Gasteiger partial charge is 0.394 e. The van der Waals surface area contributed by atoms with E-state index in [1.54, 1.807) is 12.1 Å². The highest BCUT2D eigenvalue weighted by molar-refractivity contribution is 9.11. The van der Waals surface area contributed by atoms with E-state index in [1.165, 1.54) is 0 Å². The van der Waals surface area contributed by atoms with E-state index in [0.717, 1.165) is 4.47 Å². The predicted octanol–water partition coefficient (Wildman–Crippen LogP) is 1.29. The first-order valence-corrected chi connectivity index (χ1v) is 6.15. The molecule has 0 radical (unpaired) electrons. The molecule has 16 heavy (non-hydrogen) atoms. The molecule has 0 heterocycles. The lowest BCUT2D eigenvalue weighted by Crippen LogP contribution is -2.34. The van der Waals surface area contributed by atoms with Crippen LogP contribution in [-0.4, -0.2) is 35.4 Å². The standard InChI is InChI=1S/C10H11Br2NO3/c11-6-1-2-9(12)8(3-6)10(16)13-4-7(15)5-14/h1-3,7,14-15H,4-5H2,(H,13,16). The molecule has 1 amide bonds. The molecule has 1 atom stereocenters. The third kappa shape index (κ3) is 3.86. The molecule has 1 aromatic rings. The van der Waals surface area contributed by atoms with Crippen molar-refractivity contribution in [2.45, 2.75) is 6.10 Å². The summed E-state index contributed by atoms with van der Waals surface area (Å²) in [5, 5.41) is 20.2. The van der Waals surface area contributed by atoms with Crippen molar-refractivity contribution in [3.63, 3.8) is 0 Å². The van der Waals surface area contributed by atoms with Gasteiger partial charge < -0.3 is 15.5 Å². The number of halogens is 2. The minimum absolute atomic E-state index is 0.0221. The number of benzene rings is 1. The summed E-state index contributed by atoms with van der Waals surface area (Å²) in [6, 6.07) is 5.23. The Bertz CT molecular complexity index is 384. The van der Waals surface area contributed by atoms with Crippen molar-refractivity contribution < 1.29 is 15.0 Å². The quantitative estimate of drug-likeness (QED) is 0.764. The molecule has 0 aliphatic rings. The van der Waals surface area contributed by atoms with Crippen molar-refractivity contribution >= 4 is 37.8 Å². The summed E-state index contributed by atoms with van der Waals surface area (Å²) in [5.74, 6) is -0.305. The first-order chi connectivity index (χ1) is 7.54. The van der Waals surface area contributed by atoms with Crippen LogP contribution in [0.15, 0.2) is 27.1 Å². The molecule has 0 aliphatic heterocycles. The monoisotopic (exact) mass is 351 g/mol. The molecule has 0 aliphatic carbocycles. The lowest BCUT2D eigenvalue weighted by Gasteiger charge is -2.10. The van der Waals surface area contributed by atoms with E-state index >= 15 is 0 Å². The van der Waals surface area contributed by atoms with Gasteiger partial charge in [-0.3, -0.25) is 4.79 Å². The van der Waals surface area contributed by atoms with Crippen LogP contribution in [-0.2, 0) is 0 Å². The summed E-state index contributed by atoms with van der Waals surface area (Å²) in [5.41, 5.74) is 0.472. The number of rotatable bonds is 4. The Morgan fingerprint density at radius 1 is 1.44 bits per heavy atom. The number of carbonyl (C=O) groups excluding carboxylic acids is 1. The molecule has 4 nitrogen and oxygen atoms in total. The fourth-order valence-electron chi connectivity index (χ4n) is 1.04. The Labute approximate surface area is 110 Å². The summed E-state index contributed by atoms with van der Waals surface area (Å²) >= 11 is 6.53. The molecule has 0 saturated carbocycles. The van der Waals surface area contributed by atoms with E-state index in [4.69, 9.17) is 10.2 Å². The second kappa shape index (κ2) is 6.34. The lowest BCUT2D eigenvalue weighted by atomic mass is 10.2. The molecular weight excluding hydrogens is 342 g/mol. The summed E-state index contributed by atoms with van der Waals surface area (Å²) in [4.78, 5) is 11.7. The van der Waals surface area contributed by atoms with Gasteiger partial charge in [-0.25, -0.2) is 0 Å². The predicted molar refractivity (Wildman–Crippen MR) is 67.3 cm³/mol. The minimum Gasteiger partial charge on any atom is -0.394 e. The normalized spacial score (nSPS) is 12.2. The van der Waals surface area contributed by atoms with Crippen LogP contribution in [0.2, 0.25) is 0 Å². The number of hydrogen-bond acceptors (Lipinski definition) is 3. The highest BCUT2D eigenvalue weighted by Crippen LogP contribution is 2.21. The molecule has 6 heteroatoms. The smallest absolute Gasteiger partial charge is 0.252 e. The maximum absolute atomic E-state index is 11.7. The van der Waals surface area contributed by atoms with Crippen molar-refractivity contribution in [1.29, 1.82) is 0 Å². The molecule has 88 valence electrons. The van der Waals surface area contributed by atoms with Crippen molar-refractivity contribution in [1.82, 2.24) is 5.32 Å². The van der Waals surface area contributed by atoms with Gasteiger partial charge in [0.1, 0.15) is 0 Å². The topological polar surface area (TPSA) is 69.6 Å². The summed E-state index contributed by atoms with van der Waals surface area (Å²) in [6.45, 7) is -0.353. The van der Waals surface area contributed by atoms with Gasteiger partial charge in [-0.05, 0) is 34.1 Å². The van der Waals surface area contributed by atoms with Crippen molar-refractivity contribution in [2.24, 2.45) is 0 Å². The van der Waals surface area contributed by atoms with Gasteiger partial charge in [0, 0.05) is 15.5 Å². The third-order valence-corrected chi connectivity index (χ3v) is 3.07. The minimum atomic E-state index is -0.935. The van der Waals surface area contributed by atoms with E-state index in [-0.39, 0.29) is 19.1 Å². The van der Waals surface area contributed by atoms with E-state index in [2.05, 4.69) is 37.2 Å².